The number of likely N-dealkylation sites (tertiary alicyclic amines) is 1. The molecule has 5 rings (SSSR count). The van der Waals surface area contributed by atoms with Crippen molar-refractivity contribution >= 4 is 15.9 Å². The Morgan fingerprint density at radius 2 is 1.84 bits per heavy atom. The lowest BCUT2D eigenvalue weighted by Crippen LogP contribution is -2.38. The van der Waals surface area contributed by atoms with Gasteiger partial charge in [-0.25, -0.2) is 13.1 Å². The van der Waals surface area contributed by atoms with Gasteiger partial charge in [-0.05, 0) is 54.8 Å². The maximum Gasteiger partial charge on any atom is 0.416 e. The number of fused-ring (bicyclic) bond motifs is 1. The van der Waals surface area contributed by atoms with Gasteiger partial charge in [-0.2, -0.15) is 13.2 Å². The third kappa shape index (κ3) is 7.94. The molecule has 3 atom stereocenters. The molecule has 1 saturated heterocycles. The molecule has 0 aromatic heterocycles. The molecule has 12 heteroatoms. The standard InChI is InChI=1S/C31H34F3N3O5S/c32-31(33,34)23-8-4-10-25(17-23)43(40,41)36-28(22-6-2-1-3-7-22)18-30(39)35-27-13-15-42-29-16-21(11-12-26(27)29)19-37-14-5-9-24(38)20-37/h1-4,6-8,10-12,16-17,24,27-28,36,38H,5,9,13-15,18-20H2,(H,35,39)/t24-,27-,28-/m1/s1. The second-order valence-electron chi connectivity index (χ2n) is 11.0. The van der Waals surface area contributed by atoms with Crippen LogP contribution >= 0.6 is 0 Å². The van der Waals surface area contributed by atoms with Crippen LogP contribution in [0.4, 0.5) is 13.2 Å². The van der Waals surface area contributed by atoms with Crippen molar-refractivity contribution in [3.05, 3.63) is 95.1 Å². The molecule has 0 radical (unpaired) electrons. The Morgan fingerprint density at radius 1 is 1.05 bits per heavy atom. The molecular weight excluding hydrogens is 583 g/mol. The monoisotopic (exact) mass is 617 g/mol. The molecule has 2 heterocycles. The van der Waals surface area contributed by atoms with E-state index in [4.69, 9.17) is 4.74 Å². The molecule has 43 heavy (non-hydrogen) atoms. The van der Waals surface area contributed by atoms with E-state index in [2.05, 4.69) is 14.9 Å². The number of halogens is 3. The van der Waals surface area contributed by atoms with Crippen LogP contribution in [0.1, 0.15) is 60.0 Å². The average molecular weight is 618 g/mol. The summed E-state index contributed by atoms with van der Waals surface area (Å²) in [5.74, 6) is 0.237. The predicted octanol–water partition coefficient (Wildman–Crippen LogP) is 4.71. The molecule has 2 aliphatic heterocycles. The fraction of sp³-hybridized carbons (Fsp3) is 0.387. The summed E-state index contributed by atoms with van der Waals surface area (Å²) < 4.78 is 74.4. The Hall–Kier alpha value is -3.45. The number of nitrogens with one attached hydrogen (secondary N) is 2. The minimum Gasteiger partial charge on any atom is -0.493 e. The third-order valence-corrected chi connectivity index (χ3v) is 9.17. The topological polar surface area (TPSA) is 108 Å². The Morgan fingerprint density at radius 3 is 2.58 bits per heavy atom. The molecule has 3 aromatic carbocycles. The van der Waals surface area contributed by atoms with Crippen LogP contribution in [0, 0.1) is 0 Å². The maximum absolute atomic E-state index is 13.3. The normalized spacial score (nSPS) is 20.1. The minimum absolute atomic E-state index is 0.274. The summed E-state index contributed by atoms with van der Waals surface area (Å²) in [4.78, 5) is 15.0. The number of ether oxygens (including phenoxy) is 1. The Bertz CT molecular complexity index is 1540. The van der Waals surface area contributed by atoms with E-state index in [9.17, 15) is 31.5 Å². The first-order chi connectivity index (χ1) is 20.5. The molecule has 0 spiro atoms. The van der Waals surface area contributed by atoms with Crippen LogP contribution in [-0.2, 0) is 27.5 Å². The van der Waals surface area contributed by atoms with Gasteiger partial charge in [0.25, 0.3) is 0 Å². The summed E-state index contributed by atoms with van der Waals surface area (Å²) in [5, 5.41) is 13.0. The number of nitrogens with zero attached hydrogens (tertiary/aromatic N) is 1. The fourth-order valence-electron chi connectivity index (χ4n) is 5.56. The third-order valence-electron chi connectivity index (χ3n) is 7.70. The van der Waals surface area contributed by atoms with Gasteiger partial charge in [0.15, 0.2) is 0 Å². The molecule has 0 saturated carbocycles. The van der Waals surface area contributed by atoms with Gasteiger partial charge in [0, 0.05) is 31.5 Å². The number of piperidine rings is 1. The van der Waals surface area contributed by atoms with Crippen LogP contribution in [0.3, 0.4) is 0 Å². The van der Waals surface area contributed by atoms with Crippen molar-refractivity contribution in [1.29, 1.82) is 0 Å². The van der Waals surface area contributed by atoms with Crippen molar-refractivity contribution in [2.45, 2.75) is 61.5 Å². The van der Waals surface area contributed by atoms with E-state index in [-0.39, 0.29) is 18.6 Å². The number of rotatable bonds is 9. The Kier molecular flexibility index (Phi) is 9.40. The van der Waals surface area contributed by atoms with Gasteiger partial charge in [0.1, 0.15) is 5.75 Å². The van der Waals surface area contributed by atoms with E-state index in [1.54, 1.807) is 30.3 Å². The first-order valence-corrected chi connectivity index (χ1v) is 15.7. The van der Waals surface area contributed by atoms with E-state index < -0.39 is 38.6 Å². The molecule has 230 valence electrons. The number of alkyl halides is 3. The number of β-amino-alcohol motifs (C(OH)–C–C–N with tert-alkyl or cyclic N) is 1. The summed E-state index contributed by atoms with van der Waals surface area (Å²) in [7, 11) is -4.41. The average Bonchev–Trinajstić information content (AvgIpc) is 2.97. The summed E-state index contributed by atoms with van der Waals surface area (Å²) in [6.45, 7) is 2.59. The number of amides is 1. The first kappa shape index (κ1) is 31.0. The van der Waals surface area contributed by atoms with E-state index in [0.717, 1.165) is 48.7 Å². The van der Waals surface area contributed by atoms with Crippen molar-refractivity contribution in [3.63, 3.8) is 0 Å². The molecular formula is C31H34F3N3O5S. The molecule has 0 unspecified atom stereocenters. The summed E-state index contributed by atoms with van der Waals surface area (Å²) in [6, 6.07) is 16.4. The van der Waals surface area contributed by atoms with Gasteiger partial charge < -0.3 is 15.2 Å². The number of benzene rings is 3. The lowest BCUT2D eigenvalue weighted by Gasteiger charge is -2.31. The van der Waals surface area contributed by atoms with Crippen molar-refractivity contribution in [2.75, 3.05) is 19.7 Å². The van der Waals surface area contributed by atoms with Crippen LogP contribution < -0.4 is 14.8 Å². The van der Waals surface area contributed by atoms with Crippen LogP contribution in [-0.4, -0.2) is 50.1 Å². The molecule has 0 aliphatic carbocycles. The molecule has 2 aliphatic rings. The van der Waals surface area contributed by atoms with Gasteiger partial charge in [-0.1, -0.05) is 48.5 Å². The van der Waals surface area contributed by atoms with Crippen molar-refractivity contribution in [2.24, 2.45) is 0 Å². The highest BCUT2D eigenvalue weighted by atomic mass is 32.2. The smallest absolute Gasteiger partial charge is 0.416 e. The van der Waals surface area contributed by atoms with Crippen molar-refractivity contribution < 1.29 is 36.2 Å². The lowest BCUT2D eigenvalue weighted by atomic mass is 9.97. The summed E-state index contributed by atoms with van der Waals surface area (Å²) >= 11 is 0. The van der Waals surface area contributed by atoms with E-state index in [0.29, 0.717) is 43.5 Å². The molecule has 3 aromatic rings. The zero-order chi connectivity index (χ0) is 30.6. The van der Waals surface area contributed by atoms with Crippen molar-refractivity contribution in [3.8, 4) is 5.75 Å². The highest BCUT2D eigenvalue weighted by molar-refractivity contribution is 7.89. The Labute approximate surface area is 248 Å². The molecule has 1 fully saturated rings. The zero-order valence-corrected chi connectivity index (χ0v) is 24.2. The zero-order valence-electron chi connectivity index (χ0n) is 23.4. The fourth-order valence-corrected chi connectivity index (χ4v) is 6.83. The van der Waals surface area contributed by atoms with Gasteiger partial charge in [0.05, 0.1) is 35.3 Å². The van der Waals surface area contributed by atoms with Crippen LogP contribution in [0.25, 0.3) is 0 Å². The van der Waals surface area contributed by atoms with E-state index in [1.165, 1.54) is 0 Å². The van der Waals surface area contributed by atoms with Gasteiger partial charge >= 0.3 is 6.18 Å². The molecule has 3 N–H and O–H groups in total. The second kappa shape index (κ2) is 13.0. The van der Waals surface area contributed by atoms with Crippen molar-refractivity contribution in [1.82, 2.24) is 14.9 Å². The quantitative estimate of drug-likeness (QED) is 0.321. The summed E-state index contributed by atoms with van der Waals surface area (Å²) in [6.07, 6.45) is -3.04. The largest absolute Gasteiger partial charge is 0.493 e. The number of aliphatic hydroxyl groups is 1. The van der Waals surface area contributed by atoms with Crippen LogP contribution in [0.2, 0.25) is 0 Å². The first-order valence-electron chi connectivity index (χ1n) is 14.2. The number of carbonyl (C=O) groups is 1. The van der Waals surface area contributed by atoms with Crippen LogP contribution in [0.5, 0.6) is 5.75 Å². The maximum atomic E-state index is 13.3. The van der Waals surface area contributed by atoms with Gasteiger partial charge in [-0.15, -0.1) is 0 Å². The predicted molar refractivity (Wildman–Crippen MR) is 154 cm³/mol. The number of sulfonamides is 1. The molecule has 1 amide bonds. The van der Waals surface area contributed by atoms with Crippen LogP contribution in [0.15, 0.2) is 77.7 Å². The SMILES string of the molecule is O=C(C[C@@H](NS(=O)(=O)c1cccc(C(F)(F)F)c1)c1ccccc1)N[C@@H]1CCOc2cc(CN3CCC[C@@H](O)C3)ccc21. The minimum atomic E-state index is -4.71. The highest BCUT2D eigenvalue weighted by Crippen LogP contribution is 2.34. The van der Waals surface area contributed by atoms with Gasteiger partial charge in [-0.3, -0.25) is 9.69 Å². The molecule has 0 bridgehead atoms. The highest BCUT2D eigenvalue weighted by Gasteiger charge is 2.33. The summed E-state index contributed by atoms with van der Waals surface area (Å²) in [5.41, 5.74) is 1.25. The second-order valence-corrected chi connectivity index (χ2v) is 12.7. The van der Waals surface area contributed by atoms with E-state index in [1.807, 2.05) is 18.2 Å². The number of aliphatic hydroxyl groups excluding tert-OH is 1. The number of carbonyl (C=O) groups excluding carboxylic acids is 1. The number of hydrogen-bond acceptors (Lipinski definition) is 6. The van der Waals surface area contributed by atoms with E-state index >= 15 is 0 Å². The lowest BCUT2D eigenvalue weighted by molar-refractivity contribution is -0.137. The Balaban J connectivity index is 1.30. The molecule has 8 nitrogen and oxygen atoms in total. The number of hydrogen-bond donors (Lipinski definition) is 3. The van der Waals surface area contributed by atoms with Gasteiger partial charge in [0.2, 0.25) is 15.9 Å².